The summed E-state index contributed by atoms with van der Waals surface area (Å²) in [4.78, 5) is 4.49. The summed E-state index contributed by atoms with van der Waals surface area (Å²) in [5.74, 6) is 0.866. The molecule has 0 aliphatic carbocycles. The number of hydrogen-bond donors (Lipinski definition) is 2. The summed E-state index contributed by atoms with van der Waals surface area (Å²) in [6.45, 7) is 7.17. The number of nitrogens with zero attached hydrogens (tertiary/aromatic N) is 1. The van der Waals surface area contributed by atoms with Gasteiger partial charge in [0.15, 0.2) is 5.96 Å². The summed E-state index contributed by atoms with van der Waals surface area (Å²) >= 11 is 5.79. The van der Waals surface area contributed by atoms with Gasteiger partial charge in [0.25, 0.3) is 0 Å². The molecule has 0 saturated carbocycles. The number of hydrogen-bond acceptors (Lipinski definition) is 3. The Morgan fingerprint density at radius 2 is 2.27 bits per heavy atom. The highest BCUT2D eigenvalue weighted by atomic mass is 127. The lowest BCUT2D eigenvalue weighted by Crippen LogP contribution is -2.38. The smallest absolute Gasteiger partial charge is 0.191 e. The van der Waals surface area contributed by atoms with E-state index < -0.39 is 5.82 Å². The fraction of sp³-hybridized carbons (Fsp3) is 0.611. The molecule has 8 heteroatoms. The first-order chi connectivity index (χ1) is 12.2. The summed E-state index contributed by atoms with van der Waals surface area (Å²) in [5.41, 5.74) is 0.866. The number of nitrogens with one attached hydrogen (secondary N) is 2. The fourth-order valence-electron chi connectivity index (χ4n) is 2.50. The van der Waals surface area contributed by atoms with Gasteiger partial charge >= 0.3 is 0 Å². The van der Waals surface area contributed by atoms with Gasteiger partial charge in [-0.3, -0.25) is 0 Å². The Balaban J connectivity index is 0.00000338. The molecule has 5 nitrogen and oxygen atoms in total. The van der Waals surface area contributed by atoms with Crippen molar-refractivity contribution in [3.8, 4) is 0 Å². The zero-order chi connectivity index (χ0) is 17.9. The molecular formula is C18H28ClFIN3O2. The van der Waals surface area contributed by atoms with E-state index in [1.165, 1.54) is 6.07 Å². The fourth-order valence-corrected chi connectivity index (χ4v) is 2.70. The van der Waals surface area contributed by atoms with E-state index in [0.717, 1.165) is 63.9 Å². The van der Waals surface area contributed by atoms with Crippen LogP contribution < -0.4 is 10.6 Å². The van der Waals surface area contributed by atoms with Crippen LogP contribution in [0, 0.1) is 11.7 Å². The van der Waals surface area contributed by atoms with Gasteiger partial charge < -0.3 is 20.1 Å². The summed E-state index contributed by atoms with van der Waals surface area (Å²) in [7, 11) is 0. The van der Waals surface area contributed by atoms with Gasteiger partial charge in [0, 0.05) is 32.2 Å². The van der Waals surface area contributed by atoms with E-state index >= 15 is 0 Å². The Bertz CT molecular complexity index is 557. The molecule has 1 aromatic rings. The topological polar surface area (TPSA) is 54.9 Å². The van der Waals surface area contributed by atoms with Crippen molar-refractivity contribution in [1.29, 1.82) is 0 Å². The first-order valence-corrected chi connectivity index (χ1v) is 9.18. The lowest BCUT2D eigenvalue weighted by Gasteiger charge is -2.12. The van der Waals surface area contributed by atoms with E-state index in [1.807, 2.05) is 6.92 Å². The van der Waals surface area contributed by atoms with Crippen molar-refractivity contribution in [2.24, 2.45) is 10.9 Å². The van der Waals surface area contributed by atoms with Crippen LogP contribution in [0.4, 0.5) is 4.39 Å². The molecule has 2 rings (SSSR count). The maximum atomic E-state index is 13.2. The average molecular weight is 500 g/mol. The van der Waals surface area contributed by atoms with Gasteiger partial charge in [0.1, 0.15) is 5.82 Å². The standard InChI is InChI=1S/C18H27ClFN3O2.HI/c1-2-21-18(23-11-14-4-5-17(20)16(19)10-14)22-7-3-8-24-12-15-6-9-25-13-15;/h4-5,10,15H,2-3,6-9,11-13H2,1H3,(H2,21,22,23);1H. The Kier molecular flexibility index (Phi) is 12.2. The molecule has 0 aromatic heterocycles. The lowest BCUT2D eigenvalue weighted by molar-refractivity contribution is 0.0888. The van der Waals surface area contributed by atoms with Crippen LogP contribution in [0.5, 0.6) is 0 Å². The van der Waals surface area contributed by atoms with Crippen molar-refractivity contribution in [1.82, 2.24) is 10.6 Å². The molecule has 1 aromatic carbocycles. The van der Waals surface area contributed by atoms with Crippen LogP contribution in [0.25, 0.3) is 0 Å². The third-order valence-electron chi connectivity index (χ3n) is 3.88. The highest BCUT2D eigenvalue weighted by Gasteiger charge is 2.15. The van der Waals surface area contributed by atoms with Crippen LogP contribution in [0.3, 0.4) is 0 Å². The Labute approximate surface area is 177 Å². The van der Waals surface area contributed by atoms with Crippen LogP contribution in [0.15, 0.2) is 23.2 Å². The molecule has 0 spiro atoms. The molecule has 0 amide bonds. The lowest BCUT2D eigenvalue weighted by atomic mass is 10.1. The minimum Gasteiger partial charge on any atom is -0.381 e. The van der Waals surface area contributed by atoms with Crippen LogP contribution in [0.2, 0.25) is 5.02 Å². The van der Waals surface area contributed by atoms with E-state index in [4.69, 9.17) is 21.1 Å². The number of aliphatic imine (C=N–C) groups is 1. The van der Waals surface area contributed by atoms with Crippen molar-refractivity contribution in [2.45, 2.75) is 26.3 Å². The van der Waals surface area contributed by atoms with Crippen molar-refractivity contribution in [3.63, 3.8) is 0 Å². The van der Waals surface area contributed by atoms with E-state index in [1.54, 1.807) is 12.1 Å². The molecule has 1 heterocycles. The molecule has 1 unspecified atom stereocenters. The van der Waals surface area contributed by atoms with Crippen molar-refractivity contribution >= 4 is 41.5 Å². The first-order valence-electron chi connectivity index (χ1n) is 8.80. The molecule has 1 saturated heterocycles. The second-order valence-corrected chi connectivity index (χ2v) is 6.44. The highest BCUT2D eigenvalue weighted by Crippen LogP contribution is 2.16. The largest absolute Gasteiger partial charge is 0.381 e. The third kappa shape index (κ3) is 8.83. The second kappa shape index (κ2) is 13.5. The molecule has 0 bridgehead atoms. The molecule has 0 radical (unpaired) electrons. The number of rotatable bonds is 9. The molecule has 1 aliphatic heterocycles. The van der Waals surface area contributed by atoms with E-state index in [0.29, 0.717) is 12.5 Å². The van der Waals surface area contributed by atoms with Gasteiger partial charge in [-0.15, -0.1) is 24.0 Å². The maximum absolute atomic E-state index is 13.2. The normalized spacial score (nSPS) is 17.0. The first kappa shape index (κ1) is 23.4. The Hall–Kier alpha value is -0.640. The zero-order valence-corrected chi connectivity index (χ0v) is 18.2. The third-order valence-corrected chi connectivity index (χ3v) is 4.17. The van der Waals surface area contributed by atoms with Crippen molar-refractivity contribution in [3.05, 3.63) is 34.6 Å². The van der Waals surface area contributed by atoms with Crippen LogP contribution in [-0.2, 0) is 16.0 Å². The minimum atomic E-state index is -0.413. The summed E-state index contributed by atoms with van der Waals surface area (Å²) < 4.78 is 24.2. The van der Waals surface area contributed by atoms with Gasteiger partial charge in [-0.25, -0.2) is 9.38 Å². The number of guanidine groups is 1. The monoisotopic (exact) mass is 499 g/mol. The van der Waals surface area contributed by atoms with Crippen LogP contribution in [0.1, 0.15) is 25.3 Å². The molecule has 1 atom stereocenters. The average Bonchev–Trinajstić information content (AvgIpc) is 3.12. The zero-order valence-electron chi connectivity index (χ0n) is 15.1. The number of halogens is 3. The summed E-state index contributed by atoms with van der Waals surface area (Å²) in [5, 5.41) is 6.58. The van der Waals surface area contributed by atoms with Crippen molar-refractivity contribution < 1.29 is 13.9 Å². The highest BCUT2D eigenvalue weighted by molar-refractivity contribution is 14.0. The quantitative estimate of drug-likeness (QED) is 0.236. The van der Waals surface area contributed by atoms with Gasteiger partial charge in [-0.05, 0) is 37.5 Å². The van der Waals surface area contributed by atoms with Gasteiger partial charge in [0.05, 0.1) is 24.8 Å². The molecule has 26 heavy (non-hydrogen) atoms. The van der Waals surface area contributed by atoms with Gasteiger partial charge in [-0.1, -0.05) is 17.7 Å². The second-order valence-electron chi connectivity index (χ2n) is 6.03. The van der Waals surface area contributed by atoms with E-state index in [-0.39, 0.29) is 29.0 Å². The summed E-state index contributed by atoms with van der Waals surface area (Å²) in [6.07, 6.45) is 2.00. The van der Waals surface area contributed by atoms with Crippen LogP contribution >= 0.6 is 35.6 Å². The molecule has 1 fully saturated rings. The summed E-state index contributed by atoms with van der Waals surface area (Å²) in [6, 6.07) is 4.65. The van der Waals surface area contributed by atoms with E-state index in [9.17, 15) is 4.39 Å². The Morgan fingerprint density at radius 1 is 1.42 bits per heavy atom. The molecule has 1 aliphatic rings. The predicted octanol–water partition coefficient (Wildman–Crippen LogP) is 3.60. The van der Waals surface area contributed by atoms with Gasteiger partial charge in [-0.2, -0.15) is 0 Å². The Morgan fingerprint density at radius 3 is 2.96 bits per heavy atom. The molecule has 2 N–H and O–H groups in total. The molecule has 148 valence electrons. The van der Waals surface area contributed by atoms with Crippen molar-refractivity contribution in [2.75, 3.05) is 39.5 Å². The van der Waals surface area contributed by atoms with E-state index in [2.05, 4.69) is 15.6 Å². The minimum absolute atomic E-state index is 0. The SMILES string of the molecule is CCNC(=NCc1ccc(F)c(Cl)c1)NCCCOCC1CCOC1.I. The number of benzene rings is 1. The van der Waals surface area contributed by atoms with Gasteiger partial charge in [0.2, 0.25) is 0 Å². The predicted molar refractivity (Wildman–Crippen MR) is 114 cm³/mol. The number of ether oxygens (including phenoxy) is 2. The van der Waals surface area contributed by atoms with Crippen LogP contribution in [-0.4, -0.2) is 45.5 Å². The maximum Gasteiger partial charge on any atom is 0.191 e. The molecular weight excluding hydrogens is 472 g/mol.